The van der Waals surface area contributed by atoms with Gasteiger partial charge < -0.3 is 11.1 Å². The van der Waals surface area contributed by atoms with E-state index < -0.39 is 11.8 Å². The first-order valence-corrected chi connectivity index (χ1v) is 4.82. The molecular weight excluding hydrogens is 212 g/mol. The Hall–Kier alpha value is -1.66. The molecule has 0 rings (SSSR count). The van der Waals surface area contributed by atoms with Crippen LogP contribution in [0.2, 0.25) is 0 Å². The maximum atomic E-state index is 10.9. The minimum absolute atomic E-state index is 0.191. The molecule has 0 heterocycles. The van der Waals surface area contributed by atoms with Crippen LogP contribution < -0.4 is 11.1 Å². The number of rotatable bonds is 5. The summed E-state index contributed by atoms with van der Waals surface area (Å²) in [6.45, 7) is 0.582. The molecule has 0 saturated heterocycles. The van der Waals surface area contributed by atoms with Crippen LogP contribution in [-0.2, 0) is 4.79 Å². The molecule has 1 atom stereocenters. The van der Waals surface area contributed by atoms with Crippen molar-refractivity contribution in [2.75, 3.05) is 18.8 Å². The van der Waals surface area contributed by atoms with Crippen molar-refractivity contribution in [3.8, 4) is 18.4 Å². The van der Waals surface area contributed by atoms with Gasteiger partial charge in [-0.25, -0.2) is 0 Å². The number of nitrogens with one attached hydrogen (secondary N) is 1. The molecule has 1 amide bonds. The van der Waals surface area contributed by atoms with Crippen LogP contribution in [0.5, 0.6) is 0 Å². The molecule has 0 spiro atoms. The Bertz CT molecular complexity index is 326. The fourth-order valence-electron chi connectivity index (χ4n) is 0.821. The standard InChI is InChI=1S/C9H12N4OS/c1-2-3-12-9(13-4-5-15)7(6-10)8(11)14/h1,7,15H,3-5H2,(H2,11,14)(H,12,13). The van der Waals surface area contributed by atoms with Crippen molar-refractivity contribution < 1.29 is 4.79 Å². The number of terminal acetylenes is 1. The number of thiol groups is 1. The second-order valence-corrected chi connectivity index (χ2v) is 2.96. The van der Waals surface area contributed by atoms with Gasteiger partial charge in [0.05, 0.1) is 12.6 Å². The van der Waals surface area contributed by atoms with Crippen molar-refractivity contribution in [3.63, 3.8) is 0 Å². The van der Waals surface area contributed by atoms with E-state index in [1.807, 2.05) is 0 Å². The van der Waals surface area contributed by atoms with Crippen LogP contribution in [0, 0.1) is 29.6 Å². The third kappa shape index (κ3) is 4.94. The molecule has 0 aliphatic rings. The number of aliphatic imine (C=N–C) groups is 1. The maximum absolute atomic E-state index is 10.9. The Balaban J connectivity index is 4.68. The van der Waals surface area contributed by atoms with Crippen LogP contribution >= 0.6 is 12.6 Å². The monoisotopic (exact) mass is 224 g/mol. The van der Waals surface area contributed by atoms with Gasteiger partial charge in [0.15, 0.2) is 5.92 Å². The van der Waals surface area contributed by atoms with Crippen LogP contribution in [0.3, 0.4) is 0 Å². The molecule has 0 aromatic rings. The Morgan fingerprint density at radius 3 is 2.80 bits per heavy atom. The number of primary amides is 1. The molecule has 1 unspecified atom stereocenters. The topological polar surface area (TPSA) is 91.3 Å². The van der Waals surface area contributed by atoms with E-state index in [0.717, 1.165) is 0 Å². The largest absolute Gasteiger partial charge is 0.368 e. The van der Waals surface area contributed by atoms with Gasteiger partial charge >= 0.3 is 0 Å². The summed E-state index contributed by atoms with van der Waals surface area (Å²) >= 11 is 3.96. The molecule has 80 valence electrons. The van der Waals surface area contributed by atoms with Crippen molar-refractivity contribution in [2.24, 2.45) is 16.6 Å². The summed E-state index contributed by atoms with van der Waals surface area (Å²) in [5.74, 6) is 1.20. The Morgan fingerprint density at radius 1 is 1.73 bits per heavy atom. The van der Waals surface area contributed by atoms with E-state index >= 15 is 0 Å². The Labute approximate surface area is 94.2 Å². The number of nitrogens with zero attached hydrogens (tertiary/aromatic N) is 2. The number of carbonyl (C=O) groups is 1. The van der Waals surface area contributed by atoms with E-state index in [4.69, 9.17) is 17.4 Å². The number of nitrogens with two attached hydrogens (primary N) is 1. The molecule has 0 aromatic carbocycles. The molecule has 15 heavy (non-hydrogen) atoms. The van der Waals surface area contributed by atoms with Gasteiger partial charge in [0, 0.05) is 12.3 Å². The van der Waals surface area contributed by atoms with Gasteiger partial charge in [0.2, 0.25) is 5.91 Å². The first-order valence-electron chi connectivity index (χ1n) is 4.18. The predicted octanol–water partition coefficient (Wildman–Crippen LogP) is -0.837. The molecule has 0 fully saturated rings. The highest BCUT2D eigenvalue weighted by Gasteiger charge is 2.20. The molecule has 0 aliphatic heterocycles. The van der Waals surface area contributed by atoms with Crippen LogP contribution in [0.15, 0.2) is 4.99 Å². The Kier molecular flexibility index (Phi) is 6.86. The summed E-state index contributed by atoms with van der Waals surface area (Å²) in [5.41, 5.74) is 5.04. The van der Waals surface area contributed by atoms with Crippen molar-refractivity contribution in [2.45, 2.75) is 0 Å². The summed E-state index contributed by atoms with van der Waals surface area (Å²) in [7, 11) is 0. The molecule has 0 radical (unpaired) electrons. The normalized spacial score (nSPS) is 12.3. The third-order valence-electron chi connectivity index (χ3n) is 1.44. The SMILES string of the molecule is C#CCNC(=NCCS)C(C#N)C(N)=O. The first-order chi connectivity index (χ1) is 7.17. The highest BCUT2D eigenvalue weighted by atomic mass is 32.1. The highest BCUT2D eigenvalue weighted by Crippen LogP contribution is 1.96. The van der Waals surface area contributed by atoms with Gasteiger partial charge in [-0.2, -0.15) is 17.9 Å². The van der Waals surface area contributed by atoms with Crippen LogP contribution in [0.25, 0.3) is 0 Å². The quantitative estimate of drug-likeness (QED) is 0.246. The van der Waals surface area contributed by atoms with Crippen molar-refractivity contribution in [1.29, 1.82) is 5.26 Å². The molecule has 0 saturated carbocycles. The summed E-state index contributed by atoms with van der Waals surface area (Å²) < 4.78 is 0. The zero-order valence-corrected chi connectivity index (χ0v) is 9.00. The molecular formula is C9H12N4OS. The van der Waals surface area contributed by atoms with Crippen molar-refractivity contribution in [1.82, 2.24) is 5.32 Å². The summed E-state index contributed by atoms with van der Waals surface area (Å²) in [6.07, 6.45) is 5.04. The summed E-state index contributed by atoms with van der Waals surface area (Å²) in [5, 5.41) is 11.4. The molecule has 0 aromatic heterocycles. The van der Waals surface area contributed by atoms with Gasteiger partial charge in [-0.3, -0.25) is 9.79 Å². The smallest absolute Gasteiger partial charge is 0.242 e. The average Bonchev–Trinajstić information content (AvgIpc) is 2.21. The number of amidine groups is 1. The minimum Gasteiger partial charge on any atom is -0.368 e. The molecule has 0 bridgehead atoms. The van der Waals surface area contributed by atoms with E-state index in [-0.39, 0.29) is 12.4 Å². The van der Waals surface area contributed by atoms with Crippen LogP contribution in [0.1, 0.15) is 0 Å². The fraction of sp³-hybridized carbons (Fsp3) is 0.444. The lowest BCUT2D eigenvalue weighted by Gasteiger charge is -2.10. The number of nitriles is 1. The van der Waals surface area contributed by atoms with Crippen LogP contribution in [-0.4, -0.2) is 30.6 Å². The number of hydrogen-bond acceptors (Lipinski definition) is 4. The summed E-state index contributed by atoms with van der Waals surface area (Å²) in [6, 6.07) is 1.76. The lowest BCUT2D eigenvalue weighted by molar-refractivity contribution is -0.118. The third-order valence-corrected chi connectivity index (χ3v) is 1.64. The van der Waals surface area contributed by atoms with E-state index in [2.05, 4.69) is 28.9 Å². The lowest BCUT2D eigenvalue weighted by atomic mass is 10.1. The van der Waals surface area contributed by atoms with Crippen molar-refractivity contribution >= 4 is 24.4 Å². The number of amides is 1. The second kappa shape index (κ2) is 7.72. The predicted molar refractivity (Wildman–Crippen MR) is 61.3 cm³/mol. The van der Waals surface area contributed by atoms with E-state index in [1.165, 1.54) is 0 Å². The Morgan fingerprint density at radius 2 is 2.40 bits per heavy atom. The maximum Gasteiger partial charge on any atom is 0.242 e. The van der Waals surface area contributed by atoms with E-state index in [0.29, 0.717) is 12.3 Å². The fourth-order valence-corrected chi connectivity index (χ4v) is 0.921. The second-order valence-electron chi connectivity index (χ2n) is 2.51. The van der Waals surface area contributed by atoms with Gasteiger partial charge in [-0.15, -0.1) is 6.42 Å². The van der Waals surface area contributed by atoms with Gasteiger partial charge in [-0.05, 0) is 0 Å². The first kappa shape index (κ1) is 13.3. The molecule has 5 nitrogen and oxygen atoms in total. The number of hydrogen-bond donors (Lipinski definition) is 3. The van der Waals surface area contributed by atoms with E-state index in [9.17, 15) is 4.79 Å². The summed E-state index contributed by atoms with van der Waals surface area (Å²) in [4.78, 5) is 14.9. The lowest BCUT2D eigenvalue weighted by Crippen LogP contribution is -2.38. The zero-order chi connectivity index (χ0) is 11.7. The average molecular weight is 224 g/mol. The molecule has 3 N–H and O–H groups in total. The number of carbonyl (C=O) groups excluding carboxylic acids is 1. The van der Waals surface area contributed by atoms with Crippen molar-refractivity contribution in [3.05, 3.63) is 0 Å². The van der Waals surface area contributed by atoms with Crippen LogP contribution in [0.4, 0.5) is 0 Å². The zero-order valence-electron chi connectivity index (χ0n) is 8.10. The molecule has 0 aliphatic carbocycles. The van der Waals surface area contributed by atoms with Gasteiger partial charge in [0.25, 0.3) is 0 Å². The minimum atomic E-state index is -1.08. The van der Waals surface area contributed by atoms with E-state index in [1.54, 1.807) is 6.07 Å². The molecule has 6 heteroatoms. The highest BCUT2D eigenvalue weighted by molar-refractivity contribution is 7.80. The van der Waals surface area contributed by atoms with Gasteiger partial charge in [0.1, 0.15) is 5.84 Å². The van der Waals surface area contributed by atoms with Gasteiger partial charge in [-0.1, -0.05) is 5.92 Å².